The van der Waals surface area contributed by atoms with Gasteiger partial charge >= 0.3 is 0 Å². The second-order valence-electron chi connectivity index (χ2n) is 7.45. The van der Waals surface area contributed by atoms with E-state index in [1.54, 1.807) is 18.6 Å². The monoisotopic (exact) mass is 384 g/mol. The van der Waals surface area contributed by atoms with Crippen molar-refractivity contribution in [3.63, 3.8) is 0 Å². The summed E-state index contributed by atoms with van der Waals surface area (Å²) in [5.74, 6) is 1.52. The van der Waals surface area contributed by atoms with Gasteiger partial charge in [-0.15, -0.1) is 0 Å². The lowest BCUT2D eigenvalue weighted by atomic mass is 9.64. The van der Waals surface area contributed by atoms with Gasteiger partial charge in [0, 0.05) is 29.8 Å². The highest BCUT2D eigenvalue weighted by atomic mass is 16.5. The van der Waals surface area contributed by atoms with Crippen LogP contribution >= 0.6 is 0 Å². The molecule has 0 unspecified atom stereocenters. The maximum Gasteiger partial charge on any atom is 0.259 e. The summed E-state index contributed by atoms with van der Waals surface area (Å²) < 4.78 is 5.57. The fourth-order valence-electron chi connectivity index (χ4n) is 3.77. The van der Waals surface area contributed by atoms with Gasteiger partial charge in [0.1, 0.15) is 0 Å². The zero-order valence-electron chi connectivity index (χ0n) is 16.0. The smallest absolute Gasteiger partial charge is 0.259 e. The SMILES string of the molecule is Cc1ccc(-c2nc(C3(c4ccc(-c5cnc(N)nc5)cc4)CCC3)no2)cn1. The number of anilines is 1. The van der Waals surface area contributed by atoms with E-state index in [4.69, 9.17) is 15.2 Å². The summed E-state index contributed by atoms with van der Waals surface area (Å²) in [5.41, 5.74) is 10.3. The summed E-state index contributed by atoms with van der Waals surface area (Å²) in [5, 5.41) is 4.33. The number of pyridine rings is 1. The maximum absolute atomic E-state index is 5.58. The molecule has 144 valence electrons. The number of aromatic nitrogens is 5. The van der Waals surface area contributed by atoms with Gasteiger partial charge < -0.3 is 10.3 Å². The molecule has 3 heterocycles. The van der Waals surface area contributed by atoms with Crippen LogP contribution in [0, 0.1) is 6.92 Å². The fourth-order valence-corrected chi connectivity index (χ4v) is 3.77. The van der Waals surface area contributed by atoms with Crippen molar-refractivity contribution in [3.05, 3.63) is 72.1 Å². The Bertz CT molecular complexity index is 1130. The van der Waals surface area contributed by atoms with Gasteiger partial charge in [-0.25, -0.2) is 9.97 Å². The zero-order valence-corrected chi connectivity index (χ0v) is 16.0. The highest BCUT2D eigenvalue weighted by molar-refractivity contribution is 5.63. The number of aryl methyl sites for hydroxylation is 1. The summed E-state index contributed by atoms with van der Waals surface area (Å²) >= 11 is 0. The van der Waals surface area contributed by atoms with Crippen LogP contribution in [0.25, 0.3) is 22.6 Å². The Balaban J connectivity index is 1.46. The van der Waals surface area contributed by atoms with Crippen LogP contribution in [0.15, 0.2) is 59.5 Å². The number of nitrogens with zero attached hydrogens (tertiary/aromatic N) is 5. The van der Waals surface area contributed by atoms with Crippen molar-refractivity contribution in [1.82, 2.24) is 25.1 Å². The van der Waals surface area contributed by atoms with E-state index in [2.05, 4.69) is 44.4 Å². The van der Waals surface area contributed by atoms with Crippen molar-refractivity contribution in [2.45, 2.75) is 31.6 Å². The predicted octanol–water partition coefficient (Wildman–Crippen LogP) is 3.95. The number of hydrogen-bond donors (Lipinski definition) is 1. The molecule has 2 N–H and O–H groups in total. The van der Waals surface area contributed by atoms with Gasteiger partial charge in [-0.1, -0.05) is 35.8 Å². The largest absolute Gasteiger partial charge is 0.368 e. The molecule has 1 fully saturated rings. The molecule has 3 aromatic heterocycles. The van der Waals surface area contributed by atoms with Crippen molar-refractivity contribution in [1.29, 1.82) is 0 Å². The highest BCUT2D eigenvalue weighted by Gasteiger charge is 2.44. The van der Waals surface area contributed by atoms with Gasteiger partial charge in [0.15, 0.2) is 5.82 Å². The van der Waals surface area contributed by atoms with E-state index in [1.165, 1.54) is 5.56 Å². The molecule has 0 atom stereocenters. The first-order chi connectivity index (χ1) is 14.1. The van der Waals surface area contributed by atoms with Crippen LogP contribution < -0.4 is 5.73 Å². The minimum absolute atomic E-state index is 0.198. The van der Waals surface area contributed by atoms with Gasteiger partial charge in [0.05, 0.1) is 11.0 Å². The normalized spacial score (nSPS) is 15.1. The summed E-state index contributed by atoms with van der Waals surface area (Å²) in [6.45, 7) is 1.95. The Labute approximate surface area is 168 Å². The lowest BCUT2D eigenvalue weighted by Crippen LogP contribution is -2.36. The van der Waals surface area contributed by atoms with E-state index >= 15 is 0 Å². The lowest BCUT2D eigenvalue weighted by Gasteiger charge is -2.39. The second kappa shape index (κ2) is 6.77. The molecule has 1 saturated carbocycles. The molecule has 29 heavy (non-hydrogen) atoms. The van der Waals surface area contributed by atoms with Crippen LogP contribution in [-0.2, 0) is 5.41 Å². The minimum Gasteiger partial charge on any atom is -0.368 e. The highest BCUT2D eigenvalue weighted by Crippen LogP contribution is 2.48. The van der Waals surface area contributed by atoms with Crippen LogP contribution in [-0.4, -0.2) is 25.1 Å². The first kappa shape index (κ1) is 17.5. The Kier molecular flexibility index (Phi) is 4.08. The summed E-state index contributed by atoms with van der Waals surface area (Å²) in [4.78, 5) is 17.2. The third-order valence-electron chi connectivity index (χ3n) is 5.66. The molecule has 0 amide bonds. The van der Waals surface area contributed by atoms with E-state index in [1.807, 2.05) is 19.1 Å². The van der Waals surface area contributed by atoms with Crippen molar-refractivity contribution in [2.75, 3.05) is 5.73 Å². The van der Waals surface area contributed by atoms with E-state index < -0.39 is 0 Å². The molecular weight excluding hydrogens is 364 g/mol. The third-order valence-corrected chi connectivity index (χ3v) is 5.66. The number of nitrogen functional groups attached to an aromatic ring is 1. The molecule has 1 aromatic carbocycles. The van der Waals surface area contributed by atoms with Crippen molar-refractivity contribution < 1.29 is 4.52 Å². The molecule has 0 spiro atoms. The molecular formula is C22H20N6O. The molecule has 0 bridgehead atoms. The van der Waals surface area contributed by atoms with Crippen LogP contribution in [0.1, 0.15) is 36.3 Å². The summed E-state index contributed by atoms with van der Waals surface area (Å²) in [6.07, 6.45) is 8.38. The van der Waals surface area contributed by atoms with Crippen LogP contribution in [0.3, 0.4) is 0 Å². The average molecular weight is 384 g/mol. The van der Waals surface area contributed by atoms with E-state index in [0.717, 1.165) is 47.5 Å². The molecule has 0 radical (unpaired) electrons. The third kappa shape index (κ3) is 3.04. The maximum atomic E-state index is 5.58. The average Bonchev–Trinajstić information content (AvgIpc) is 3.19. The minimum atomic E-state index is -0.198. The van der Waals surface area contributed by atoms with Crippen LogP contribution in [0.5, 0.6) is 0 Å². The fraction of sp³-hybridized carbons (Fsp3) is 0.227. The number of nitrogens with two attached hydrogens (primary N) is 1. The Morgan fingerprint density at radius 2 is 1.55 bits per heavy atom. The molecule has 7 nitrogen and oxygen atoms in total. The number of hydrogen-bond acceptors (Lipinski definition) is 7. The molecule has 5 rings (SSSR count). The van der Waals surface area contributed by atoms with Gasteiger partial charge in [0.25, 0.3) is 5.89 Å². The van der Waals surface area contributed by atoms with Crippen molar-refractivity contribution >= 4 is 5.95 Å². The van der Waals surface area contributed by atoms with Crippen molar-refractivity contribution in [3.8, 4) is 22.6 Å². The summed E-state index contributed by atoms with van der Waals surface area (Å²) in [7, 11) is 0. The van der Waals surface area contributed by atoms with E-state index in [9.17, 15) is 0 Å². The molecule has 0 aliphatic heterocycles. The summed E-state index contributed by atoms with van der Waals surface area (Å²) in [6, 6.07) is 12.3. The topological polar surface area (TPSA) is 104 Å². The standard InChI is InChI=1S/C22H20N6O/c1-14-3-4-16(11-24-14)19-27-20(28-29-19)22(9-2-10-22)18-7-5-15(6-8-18)17-12-25-21(23)26-13-17/h3-8,11-13H,2,9-10H2,1H3,(H2,23,25,26). The predicted molar refractivity (Wildman–Crippen MR) is 109 cm³/mol. The Hall–Kier alpha value is -3.61. The molecule has 1 aliphatic carbocycles. The van der Waals surface area contributed by atoms with Crippen molar-refractivity contribution in [2.24, 2.45) is 0 Å². The van der Waals surface area contributed by atoms with Gasteiger partial charge in [0.2, 0.25) is 5.95 Å². The van der Waals surface area contributed by atoms with E-state index in [0.29, 0.717) is 5.89 Å². The van der Waals surface area contributed by atoms with Crippen LogP contribution in [0.2, 0.25) is 0 Å². The first-order valence-electron chi connectivity index (χ1n) is 9.60. The molecule has 0 saturated heterocycles. The number of benzene rings is 1. The quantitative estimate of drug-likeness (QED) is 0.568. The number of rotatable bonds is 4. The van der Waals surface area contributed by atoms with Gasteiger partial charge in [-0.2, -0.15) is 4.98 Å². The molecule has 4 aromatic rings. The first-order valence-corrected chi connectivity index (χ1v) is 9.60. The molecule has 1 aliphatic rings. The lowest BCUT2D eigenvalue weighted by molar-refractivity contribution is 0.273. The van der Waals surface area contributed by atoms with Gasteiger partial charge in [-0.05, 0) is 43.0 Å². The zero-order chi connectivity index (χ0) is 19.8. The molecule has 7 heteroatoms. The van der Waals surface area contributed by atoms with Crippen LogP contribution in [0.4, 0.5) is 5.95 Å². The second-order valence-corrected chi connectivity index (χ2v) is 7.45. The Morgan fingerprint density at radius 3 is 2.17 bits per heavy atom. The Morgan fingerprint density at radius 1 is 0.862 bits per heavy atom. The van der Waals surface area contributed by atoms with E-state index in [-0.39, 0.29) is 11.4 Å². The van der Waals surface area contributed by atoms with Gasteiger partial charge in [-0.3, -0.25) is 4.98 Å².